The molecule has 0 unspecified atom stereocenters. The fourth-order valence-electron chi connectivity index (χ4n) is 2.78. The smallest absolute Gasteiger partial charge is 0.289 e. The third-order valence-electron chi connectivity index (χ3n) is 3.86. The first-order valence-electron chi connectivity index (χ1n) is 7.58. The molecular formula is C15H25N3O2. The topological polar surface area (TPSA) is 67.2 Å². The summed E-state index contributed by atoms with van der Waals surface area (Å²) in [4.78, 5) is 16.3. The Morgan fingerprint density at radius 1 is 1.25 bits per heavy atom. The zero-order valence-corrected chi connectivity index (χ0v) is 12.7. The standard InChI is InChI=1S/C15H25N3O2/c1-4-9-16-12-5-7-13(8-6-12)18-15(19)14-10(2)17-11(3)20-14/h12-13,16H,4-9H2,1-3H3,(H,18,19). The second-order valence-corrected chi connectivity index (χ2v) is 5.62. The lowest BCUT2D eigenvalue weighted by Crippen LogP contribution is -2.42. The van der Waals surface area contributed by atoms with Crippen molar-refractivity contribution in [2.45, 2.75) is 65.0 Å². The lowest BCUT2D eigenvalue weighted by atomic mass is 9.91. The van der Waals surface area contributed by atoms with E-state index in [0.29, 0.717) is 23.4 Å². The van der Waals surface area contributed by atoms with Gasteiger partial charge >= 0.3 is 0 Å². The first-order chi connectivity index (χ1) is 9.60. The average molecular weight is 279 g/mol. The molecule has 0 spiro atoms. The van der Waals surface area contributed by atoms with E-state index in [9.17, 15) is 4.79 Å². The monoisotopic (exact) mass is 279 g/mol. The van der Waals surface area contributed by atoms with Crippen molar-refractivity contribution in [3.8, 4) is 0 Å². The third-order valence-corrected chi connectivity index (χ3v) is 3.86. The van der Waals surface area contributed by atoms with Gasteiger partial charge in [0.25, 0.3) is 5.91 Å². The summed E-state index contributed by atoms with van der Waals surface area (Å²) in [7, 11) is 0. The highest BCUT2D eigenvalue weighted by Crippen LogP contribution is 2.19. The van der Waals surface area contributed by atoms with Crippen LogP contribution in [0.1, 0.15) is 61.2 Å². The molecule has 1 heterocycles. The summed E-state index contributed by atoms with van der Waals surface area (Å²) in [6.07, 6.45) is 5.47. The van der Waals surface area contributed by atoms with Crippen LogP contribution in [0.4, 0.5) is 0 Å². The van der Waals surface area contributed by atoms with Gasteiger partial charge in [0.1, 0.15) is 0 Å². The van der Waals surface area contributed by atoms with Crippen LogP contribution in [0, 0.1) is 13.8 Å². The molecule has 0 bridgehead atoms. The van der Waals surface area contributed by atoms with Gasteiger partial charge in [-0.25, -0.2) is 4.98 Å². The van der Waals surface area contributed by atoms with Crippen LogP contribution in [0.5, 0.6) is 0 Å². The van der Waals surface area contributed by atoms with Gasteiger partial charge in [-0.05, 0) is 45.6 Å². The molecule has 2 rings (SSSR count). The highest BCUT2D eigenvalue weighted by atomic mass is 16.4. The highest BCUT2D eigenvalue weighted by Gasteiger charge is 2.24. The molecule has 0 aliphatic heterocycles. The molecule has 1 aromatic heterocycles. The number of carbonyl (C=O) groups excluding carboxylic acids is 1. The van der Waals surface area contributed by atoms with E-state index in [4.69, 9.17) is 4.42 Å². The lowest BCUT2D eigenvalue weighted by Gasteiger charge is -2.29. The molecular weight excluding hydrogens is 254 g/mol. The van der Waals surface area contributed by atoms with Crippen molar-refractivity contribution in [2.75, 3.05) is 6.54 Å². The zero-order valence-electron chi connectivity index (χ0n) is 12.7. The van der Waals surface area contributed by atoms with Gasteiger partial charge in [0.05, 0.1) is 5.69 Å². The second kappa shape index (κ2) is 6.88. The van der Waals surface area contributed by atoms with E-state index in [1.54, 1.807) is 13.8 Å². The predicted octanol–water partition coefficient (Wildman–Crippen LogP) is 2.33. The Morgan fingerprint density at radius 3 is 2.45 bits per heavy atom. The molecule has 112 valence electrons. The van der Waals surface area contributed by atoms with E-state index >= 15 is 0 Å². The van der Waals surface area contributed by atoms with Crippen molar-refractivity contribution >= 4 is 5.91 Å². The van der Waals surface area contributed by atoms with E-state index in [2.05, 4.69) is 22.5 Å². The van der Waals surface area contributed by atoms with E-state index in [-0.39, 0.29) is 11.9 Å². The summed E-state index contributed by atoms with van der Waals surface area (Å²) < 4.78 is 5.36. The number of rotatable bonds is 5. The molecule has 1 aliphatic carbocycles. The SMILES string of the molecule is CCCNC1CCC(NC(=O)c2oc(C)nc2C)CC1. The number of hydrogen-bond donors (Lipinski definition) is 2. The largest absolute Gasteiger partial charge is 0.436 e. The van der Waals surface area contributed by atoms with E-state index in [1.807, 2.05) is 0 Å². The maximum absolute atomic E-state index is 12.1. The van der Waals surface area contributed by atoms with Crippen LogP contribution in [-0.2, 0) is 0 Å². The summed E-state index contributed by atoms with van der Waals surface area (Å²) in [6, 6.07) is 0.865. The van der Waals surface area contributed by atoms with Gasteiger partial charge < -0.3 is 15.1 Å². The van der Waals surface area contributed by atoms with E-state index in [0.717, 1.165) is 32.2 Å². The molecule has 1 saturated carbocycles. The van der Waals surface area contributed by atoms with Gasteiger partial charge in [-0.2, -0.15) is 0 Å². The van der Waals surface area contributed by atoms with Crippen molar-refractivity contribution in [3.63, 3.8) is 0 Å². The minimum absolute atomic E-state index is 0.131. The molecule has 0 atom stereocenters. The third kappa shape index (κ3) is 3.82. The van der Waals surface area contributed by atoms with Crippen molar-refractivity contribution in [2.24, 2.45) is 0 Å². The summed E-state index contributed by atoms with van der Waals surface area (Å²) in [5, 5.41) is 6.61. The number of oxazole rings is 1. The average Bonchev–Trinajstić information content (AvgIpc) is 2.77. The van der Waals surface area contributed by atoms with Crippen molar-refractivity contribution in [1.29, 1.82) is 0 Å². The summed E-state index contributed by atoms with van der Waals surface area (Å²) in [5.41, 5.74) is 0.665. The van der Waals surface area contributed by atoms with Crippen LogP contribution in [0.15, 0.2) is 4.42 Å². The van der Waals surface area contributed by atoms with Crippen LogP contribution in [0.25, 0.3) is 0 Å². The maximum Gasteiger partial charge on any atom is 0.289 e. The number of amides is 1. The fourth-order valence-corrected chi connectivity index (χ4v) is 2.78. The molecule has 20 heavy (non-hydrogen) atoms. The van der Waals surface area contributed by atoms with Gasteiger partial charge in [-0.1, -0.05) is 6.92 Å². The molecule has 1 amide bonds. The maximum atomic E-state index is 12.1. The van der Waals surface area contributed by atoms with Gasteiger partial charge in [0, 0.05) is 19.0 Å². The number of aryl methyl sites for hydroxylation is 2. The molecule has 0 saturated heterocycles. The normalized spacial score (nSPS) is 22.8. The Labute approximate surface area is 120 Å². The Bertz CT molecular complexity index is 448. The van der Waals surface area contributed by atoms with Crippen molar-refractivity contribution in [3.05, 3.63) is 17.3 Å². The first kappa shape index (κ1) is 15.0. The molecule has 5 heteroatoms. The Kier molecular flexibility index (Phi) is 5.17. The Balaban J connectivity index is 1.80. The molecule has 1 aliphatic rings. The summed E-state index contributed by atoms with van der Waals surface area (Å²) in [6.45, 7) is 6.82. The number of nitrogens with one attached hydrogen (secondary N) is 2. The zero-order chi connectivity index (χ0) is 14.5. The van der Waals surface area contributed by atoms with E-state index in [1.165, 1.54) is 6.42 Å². The minimum Gasteiger partial charge on any atom is -0.436 e. The van der Waals surface area contributed by atoms with Crippen molar-refractivity contribution < 1.29 is 9.21 Å². The Hall–Kier alpha value is -1.36. The minimum atomic E-state index is -0.131. The van der Waals surface area contributed by atoms with Gasteiger partial charge in [-0.15, -0.1) is 0 Å². The molecule has 5 nitrogen and oxygen atoms in total. The van der Waals surface area contributed by atoms with Crippen LogP contribution in [0.2, 0.25) is 0 Å². The van der Waals surface area contributed by atoms with E-state index < -0.39 is 0 Å². The van der Waals surface area contributed by atoms with Crippen LogP contribution >= 0.6 is 0 Å². The number of carbonyl (C=O) groups is 1. The van der Waals surface area contributed by atoms with Crippen LogP contribution < -0.4 is 10.6 Å². The van der Waals surface area contributed by atoms with Gasteiger partial charge in [0.2, 0.25) is 5.76 Å². The highest BCUT2D eigenvalue weighted by molar-refractivity contribution is 5.92. The van der Waals surface area contributed by atoms with Crippen LogP contribution in [-0.4, -0.2) is 29.5 Å². The molecule has 1 fully saturated rings. The molecule has 0 aromatic carbocycles. The fraction of sp³-hybridized carbons (Fsp3) is 0.733. The summed E-state index contributed by atoms with van der Waals surface area (Å²) in [5.74, 6) is 0.766. The number of aromatic nitrogens is 1. The van der Waals surface area contributed by atoms with Gasteiger partial charge in [0.15, 0.2) is 5.89 Å². The molecule has 0 radical (unpaired) electrons. The predicted molar refractivity (Wildman–Crippen MR) is 77.8 cm³/mol. The Morgan fingerprint density at radius 2 is 1.90 bits per heavy atom. The van der Waals surface area contributed by atoms with Gasteiger partial charge in [-0.3, -0.25) is 4.79 Å². The number of hydrogen-bond acceptors (Lipinski definition) is 4. The summed E-state index contributed by atoms with van der Waals surface area (Å²) >= 11 is 0. The molecule has 2 N–H and O–H groups in total. The number of nitrogens with zero attached hydrogens (tertiary/aromatic N) is 1. The lowest BCUT2D eigenvalue weighted by molar-refractivity contribution is 0.0894. The molecule has 1 aromatic rings. The van der Waals surface area contributed by atoms with Crippen molar-refractivity contribution in [1.82, 2.24) is 15.6 Å². The van der Waals surface area contributed by atoms with Crippen LogP contribution in [0.3, 0.4) is 0 Å². The second-order valence-electron chi connectivity index (χ2n) is 5.62. The first-order valence-corrected chi connectivity index (χ1v) is 7.58. The quantitative estimate of drug-likeness (QED) is 0.868.